The lowest BCUT2D eigenvalue weighted by Crippen LogP contribution is -2.14. The molecule has 8 nitrogen and oxygen atoms in total. The molecule has 0 saturated carbocycles. The Morgan fingerprint density at radius 2 is 2.00 bits per heavy atom. The molecule has 3 rings (SSSR count). The van der Waals surface area contributed by atoms with Crippen LogP contribution in [0.25, 0.3) is 11.3 Å². The van der Waals surface area contributed by atoms with E-state index >= 15 is 0 Å². The van der Waals surface area contributed by atoms with Gasteiger partial charge in [-0.15, -0.1) is 0 Å². The van der Waals surface area contributed by atoms with E-state index in [9.17, 15) is 14.9 Å². The first-order chi connectivity index (χ1) is 12.1. The molecule has 0 fully saturated rings. The molecular formula is C17H10N4O4. The van der Waals surface area contributed by atoms with Crippen molar-refractivity contribution in [3.05, 3.63) is 76.7 Å². The van der Waals surface area contributed by atoms with Crippen molar-refractivity contribution in [2.45, 2.75) is 0 Å². The summed E-state index contributed by atoms with van der Waals surface area (Å²) in [7, 11) is 0. The molecule has 0 amide bonds. The minimum atomic E-state index is -0.705. The first-order valence-corrected chi connectivity index (χ1v) is 7.08. The van der Waals surface area contributed by atoms with E-state index in [1.54, 1.807) is 24.3 Å². The summed E-state index contributed by atoms with van der Waals surface area (Å²) in [6.45, 7) is 0. The van der Waals surface area contributed by atoms with E-state index in [2.05, 4.69) is 4.98 Å². The fraction of sp³-hybridized carbons (Fsp3) is 0. The maximum absolute atomic E-state index is 12.1. The summed E-state index contributed by atoms with van der Waals surface area (Å²) < 4.78 is 6.29. The molecular weight excluding hydrogens is 324 g/mol. The van der Waals surface area contributed by atoms with Crippen molar-refractivity contribution in [3.8, 4) is 23.1 Å². The molecule has 1 heterocycles. The monoisotopic (exact) mass is 334 g/mol. The number of benzene rings is 2. The van der Waals surface area contributed by atoms with Gasteiger partial charge in [0.15, 0.2) is 0 Å². The van der Waals surface area contributed by atoms with Crippen LogP contribution in [0.2, 0.25) is 0 Å². The zero-order valence-corrected chi connectivity index (χ0v) is 12.7. The zero-order chi connectivity index (χ0) is 17.8. The van der Waals surface area contributed by atoms with Crippen molar-refractivity contribution in [2.24, 2.45) is 0 Å². The molecule has 0 unspecified atom stereocenters. The number of nitro groups is 1. The van der Waals surface area contributed by atoms with Gasteiger partial charge in [-0.05, 0) is 24.3 Å². The van der Waals surface area contributed by atoms with Gasteiger partial charge in [0, 0.05) is 23.9 Å². The second-order valence-electron chi connectivity index (χ2n) is 4.98. The molecule has 1 aromatic heterocycles. The van der Waals surface area contributed by atoms with E-state index in [0.29, 0.717) is 16.8 Å². The molecule has 0 N–H and O–H groups in total. The standard InChI is InChI=1S/C17H10N4O4/c18-9-12-2-1-3-13(8-12)16-10-20(11-19-16)17(22)25-15-6-4-14(5-7-15)21(23)24/h1-8,10-11H. The van der Waals surface area contributed by atoms with Crippen LogP contribution in [0, 0.1) is 21.4 Å². The number of carbonyl (C=O) groups excluding carboxylic acids is 1. The summed E-state index contributed by atoms with van der Waals surface area (Å²) >= 11 is 0. The second kappa shape index (κ2) is 6.64. The summed E-state index contributed by atoms with van der Waals surface area (Å²) in [6.07, 6.45) is 2.07. The summed E-state index contributed by atoms with van der Waals surface area (Å²) in [5.74, 6) is 0.178. The van der Waals surface area contributed by atoms with Gasteiger partial charge < -0.3 is 4.74 Å². The van der Waals surface area contributed by atoms with Crippen LogP contribution in [0.4, 0.5) is 10.5 Å². The number of nitro benzene ring substituents is 1. The van der Waals surface area contributed by atoms with Crippen LogP contribution >= 0.6 is 0 Å². The van der Waals surface area contributed by atoms with E-state index in [1.807, 2.05) is 6.07 Å². The van der Waals surface area contributed by atoms with Gasteiger partial charge in [-0.3, -0.25) is 10.1 Å². The Morgan fingerprint density at radius 3 is 2.68 bits per heavy atom. The second-order valence-corrected chi connectivity index (χ2v) is 4.98. The average Bonchev–Trinajstić information content (AvgIpc) is 3.12. The van der Waals surface area contributed by atoms with E-state index < -0.39 is 11.0 Å². The van der Waals surface area contributed by atoms with Crippen molar-refractivity contribution in [2.75, 3.05) is 0 Å². The predicted molar refractivity (Wildman–Crippen MR) is 86.9 cm³/mol. The molecule has 0 aliphatic rings. The predicted octanol–water partition coefficient (Wildman–Crippen LogP) is 3.38. The Kier molecular flexibility index (Phi) is 4.22. The summed E-state index contributed by atoms with van der Waals surface area (Å²) in [5.41, 5.74) is 1.60. The normalized spacial score (nSPS) is 10.0. The SMILES string of the molecule is N#Cc1cccc(-c2cn(C(=O)Oc3ccc([N+](=O)[O-])cc3)cn2)c1. The minimum absolute atomic E-state index is 0.0953. The van der Waals surface area contributed by atoms with Gasteiger partial charge in [0.1, 0.15) is 12.1 Å². The summed E-state index contributed by atoms with van der Waals surface area (Å²) in [6, 6.07) is 14.0. The lowest BCUT2D eigenvalue weighted by atomic mass is 10.1. The average molecular weight is 334 g/mol. The number of nitriles is 1. The Bertz CT molecular complexity index is 986. The maximum atomic E-state index is 12.1. The highest BCUT2D eigenvalue weighted by atomic mass is 16.6. The number of hydrogen-bond donors (Lipinski definition) is 0. The molecule has 0 bridgehead atoms. The van der Waals surface area contributed by atoms with E-state index in [4.69, 9.17) is 10.00 Å². The number of carbonyl (C=O) groups is 1. The zero-order valence-electron chi connectivity index (χ0n) is 12.7. The van der Waals surface area contributed by atoms with Crippen molar-refractivity contribution < 1.29 is 14.5 Å². The van der Waals surface area contributed by atoms with Crippen LogP contribution in [0.1, 0.15) is 5.56 Å². The molecule has 3 aromatic rings. The fourth-order valence-corrected chi connectivity index (χ4v) is 2.11. The third-order valence-corrected chi connectivity index (χ3v) is 3.33. The Balaban J connectivity index is 1.76. The molecule has 0 aliphatic carbocycles. The number of hydrogen-bond acceptors (Lipinski definition) is 6. The van der Waals surface area contributed by atoms with Gasteiger partial charge in [-0.1, -0.05) is 12.1 Å². The van der Waals surface area contributed by atoms with Gasteiger partial charge in [-0.25, -0.2) is 14.3 Å². The maximum Gasteiger partial charge on any atom is 0.424 e. The number of rotatable bonds is 3. The lowest BCUT2D eigenvalue weighted by Gasteiger charge is -2.03. The van der Waals surface area contributed by atoms with Gasteiger partial charge in [-0.2, -0.15) is 5.26 Å². The number of aromatic nitrogens is 2. The Labute approximate surface area is 141 Å². The number of non-ortho nitro benzene ring substituents is 1. The molecule has 0 radical (unpaired) electrons. The first kappa shape index (κ1) is 15.9. The summed E-state index contributed by atoms with van der Waals surface area (Å²) in [4.78, 5) is 26.3. The minimum Gasteiger partial charge on any atom is -0.410 e. The van der Waals surface area contributed by atoms with Crippen molar-refractivity contribution in [3.63, 3.8) is 0 Å². The third-order valence-electron chi connectivity index (χ3n) is 3.33. The highest BCUT2D eigenvalue weighted by Gasteiger charge is 2.12. The molecule has 2 aromatic carbocycles. The van der Waals surface area contributed by atoms with E-state index in [0.717, 1.165) is 4.57 Å². The number of imidazole rings is 1. The van der Waals surface area contributed by atoms with Crippen molar-refractivity contribution in [1.82, 2.24) is 9.55 Å². The molecule has 8 heteroatoms. The van der Waals surface area contributed by atoms with Gasteiger partial charge in [0.25, 0.3) is 5.69 Å². The van der Waals surface area contributed by atoms with Crippen molar-refractivity contribution >= 4 is 11.8 Å². The third kappa shape index (κ3) is 3.51. The van der Waals surface area contributed by atoms with Crippen LogP contribution in [-0.2, 0) is 0 Å². The topological polar surface area (TPSA) is 111 Å². The van der Waals surface area contributed by atoms with Gasteiger partial charge in [0.2, 0.25) is 0 Å². The van der Waals surface area contributed by atoms with Crippen LogP contribution in [0.15, 0.2) is 61.1 Å². The fourth-order valence-electron chi connectivity index (χ4n) is 2.11. The molecule has 0 spiro atoms. The smallest absolute Gasteiger partial charge is 0.410 e. The molecule has 0 saturated heterocycles. The Hall–Kier alpha value is -3.99. The molecule has 25 heavy (non-hydrogen) atoms. The number of nitrogens with zero attached hydrogens (tertiary/aromatic N) is 4. The largest absolute Gasteiger partial charge is 0.424 e. The lowest BCUT2D eigenvalue weighted by molar-refractivity contribution is -0.384. The number of ether oxygens (including phenoxy) is 1. The first-order valence-electron chi connectivity index (χ1n) is 7.08. The highest BCUT2D eigenvalue weighted by Crippen LogP contribution is 2.20. The quantitative estimate of drug-likeness (QED) is 0.536. The Morgan fingerprint density at radius 1 is 1.24 bits per heavy atom. The van der Waals surface area contributed by atoms with Crippen LogP contribution < -0.4 is 4.74 Å². The van der Waals surface area contributed by atoms with Gasteiger partial charge in [0.05, 0.1) is 22.2 Å². The van der Waals surface area contributed by atoms with E-state index in [1.165, 1.54) is 36.8 Å². The highest BCUT2D eigenvalue weighted by molar-refractivity contribution is 5.75. The van der Waals surface area contributed by atoms with Crippen LogP contribution in [0.5, 0.6) is 5.75 Å². The van der Waals surface area contributed by atoms with Crippen molar-refractivity contribution in [1.29, 1.82) is 5.26 Å². The van der Waals surface area contributed by atoms with Gasteiger partial charge >= 0.3 is 6.09 Å². The molecule has 122 valence electrons. The van der Waals surface area contributed by atoms with E-state index in [-0.39, 0.29) is 11.4 Å². The summed E-state index contributed by atoms with van der Waals surface area (Å²) in [5, 5.41) is 19.5. The molecule has 0 aliphatic heterocycles. The van der Waals surface area contributed by atoms with Crippen LogP contribution in [0.3, 0.4) is 0 Å². The molecule has 0 atom stereocenters. The van der Waals surface area contributed by atoms with Crippen LogP contribution in [-0.4, -0.2) is 20.6 Å².